The first-order chi connectivity index (χ1) is 8.92. The predicted molar refractivity (Wildman–Crippen MR) is 74.4 cm³/mol. The van der Waals surface area contributed by atoms with Gasteiger partial charge in [0.1, 0.15) is 5.01 Å². The molecule has 0 atom stereocenters. The van der Waals surface area contributed by atoms with Crippen molar-refractivity contribution in [3.05, 3.63) is 35.5 Å². The first kappa shape index (κ1) is 11.8. The number of hydrogen-bond donors (Lipinski definition) is 1. The zero-order chi connectivity index (χ0) is 12.2. The van der Waals surface area contributed by atoms with Gasteiger partial charge in [-0.2, -0.15) is 0 Å². The summed E-state index contributed by atoms with van der Waals surface area (Å²) in [6.07, 6.45) is 5.99. The highest BCUT2D eigenvalue weighted by atomic mass is 32.1. The maximum absolute atomic E-state index is 4.61. The number of rotatable bonds is 6. The Morgan fingerprint density at radius 2 is 2.28 bits per heavy atom. The first-order valence-corrected chi connectivity index (χ1v) is 7.36. The van der Waals surface area contributed by atoms with Crippen LogP contribution in [-0.2, 0) is 6.54 Å². The maximum atomic E-state index is 4.61. The van der Waals surface area contributed by atoms with Gasteiger partial charge in [-0.15, -0.1) is 11.3 Å². The second-order valence-corrected chi connectivity index (χ2v) is 5.63. The molecule has 1 fully saturated rings. The van der Waals surface area contributed by atoms with Gasteiger partial charge in [0.15, 0.2) is 0 Å². The zero-order valence-electron chi connectivity index (χ0n) is 10.3. The molecule has 18 heavy (non-hydrogen) atoms. The van der Waals surface area contributed by atoms with Crippen LogP contribution >= 0.6 is 11.3 Å². The molecule has 2 aromatic heterocycles. The van der Waals surface area contributed by atoms with Crippen LogP contribution in [0.5, 0.6) is 0 Å². The van der Waals surface area contributed by atoms with Crippen LogP contribution in [0.3, 0.4) is 0 Å². The Balaban J connectivity index is 1.52. The van der Waals surface area contributed by atoms with E-state index in [-0.39, 0.29) is 0 Å². The van der Waals surface area contributed by atoms with Crippen LogP contribution in [0.15, 0.2) is 29.8 Å². The minimum atomic E-state index is 0.871. The van der Waals surface area contributed by atoms with Gasteiger partial charge < -0.3 is 5.32 Å². The molecule has 0 saturated heterocycles. The van der Waals surface area contributed by atoms with Crippen LogP contribution in [0.2, 0.25) is 0 Å². The molecule has 0 unspecified atom stereocenters. The molecule has 1 aliphatic rings. The van der Waals surface area contributed by atoms with Crippen molar-refractivity contribution in [1.82, 2.24) is 15.3 Å². The van der Waals surface area contributed by atoms with Crippen LogP contribution in [0.4, 0.5) is 0 Å². The van der Waals surface area contributed by atoms with Crippen molar-refractivity contribution in [2.24, 2.45) is 5.92 Å². The lowest BCUT2D eigenvalue weighted by Gasteiger charge is -2.00. The molecule has 0 spiro atoms. The van der Waals surface area contributed by atoms with Gasteiger partial charge in [-0.25, -0.2) is 4.98 Å². The van der Waals surface area contributed by atoms with E-state index in [0.29, 0.717) is 0 Å². The van der Waals surface area contributed by atoms with Crippen LogP contribution in [0.1, 0.15) is 25.0 Å². The summed E-state index contributed by atoms with van der Waals surface area (Å²) < 4.78 is 0. The molecule has 0 radical (unpaired) electrons. The monoisotopic (exact) mass is 259 g/mol. The van der Waals surface area contributed by atoms with Crippen molar-refractivity contribution in [1.29, 1.82) is 0 Å². The molecule has 0 aliphatic heterocycles. The maximum Gasteiger partial charge on any atom is 0.142 e. The van der Waals surface area contributed by atoms with Gasteiger partial charge in [-0.05, 0) is 31.0 Å². The summed E-state index contributed by atoms with van der Waals surface area (Å²) in [6, 6.07) is 5.93. The van der Waals surface area contributed by atoms with Gasteiger partial charge in [0.05, 0.1) is 11.4 Å². The fraction of sp³-hybridized carbons (Fsp3) is 0.429. The van der Waals surface area contributed by atoms with Crippen molar-refractivity contribution in [2.45, 2.75) is 25.8 Å². The zero-order valence-corrected chi connectivity index (χ0v) is 11.1. The van der Waals surface area contributed by atoms with Gasteiger partial charge in [0.25, 0.3) is 0 Å². The highest BCUT2D eigenvalue weighted by Crippen LogP contribution is 2.31. The summed E-state index contributed by atoms with van der Waals surface area (Å²) in [4.78, 5) is 8.92. The topological polar surface area (TPSA) is 37.8 Å². The fourth-order valence-electron chi connectivity index (χ4n) is 1.92. The minimum absolute atomic E-state index is 0.871. The van der Waals surface area contributed by atoms with Crippen molar-refractivity contribution >= 4 is 11.3 Å². The number of pyridine rings is 1. The van der Waals surface area contributed by atoms with E-state index >= 15 is 0 Å². The van der Waals surface area contributed by atoms with E-state index in [1.165, 1.54) is 19.3 Å². The summed E-state index contributed by atoms with van der Waals surface area (Å²) in [5, 5.41) is 6.59. The third-order valence-corrected chi connectivity index (χ3v) is 4.08. The first-order valence-electron chi connectivity index (χ1n) is 6.48. The Morgan fingerprint density at radius 3 is 3.06 bits per heavy atom. The van der Waals surface area contributed by atoms with Gasteiger partial charge in [-0.3, -0.25) is 4.98 Å². The number of thiazole rings is 1. The van der Waals surface area contributed by atoms with Gasteiger partial charge in [0, 0.05) is 18.1 Å². The SMILES string of the molecule is c1ccc(-c2nc(CNCCC3CC3)cs2)nc1. The highest BCUT2D eigenvalue weighted by Gasteiger charge is 2.19. The fourth-order valence-corrected chi connectivity index (χ4v) is 2.72. The number of aromatic nitrogens is 2. The molecule has 3 nitrogen and oxygen atoms in total. The minimum Gasteiger partial charge on any atom is -0.311 e. The molecule has 0 aromatic carbocycles. The molecule has 4 heteroatoms. The number of nitrogens with one attached hydrogen (secondary N) is 1. The molecule has 3 rings (SSSR count). The van der Waals surface area contributed by atoms with Gasteiger partial charge in [0.2, 0.25) is 0 Å². The van der Waals surface area contributed by atoms with E-state index in [2.05, 4.69) is 20.7 Å². The molecule has 94 valence electrons. The standard InChI is InChI=1S/C14H17N3S/c1-2-7-16-13(3-1)14-17-12(10-18-14)9-15-8-6-11-4-5-11/h1-3,7,10-11,15H,4-6,8-9H2. The Kier molecular flexibility index (Phi) is 3.67. The lowest BCUT2D eigenvalue weighted by molar-refractivity contribution is 0.608. The van der Waals surface area contributed by atoms with Crippen LogP contribution in [0, 0.1) is 5.92 Å². The number of nitrogens with zero attached hydrogens (tertiary/aromatic N) is 2. The smallest absolute Gasteiger partial charge is 0.142 e. The van der Waals surface area contributed by atoms with Crippen LogP contribution in [-0.4, -0.2) is 16.5 Å². The molecule has 2 heterocycles. The third kappa shape index (κ3) is 3.15. The van der Waals surface area contributed by atoms with Crippen molar-refractivity contribution in [3.8, 4) is 10.7 Å². The summed E-state index contributed by atoms with van der Waals surface area (Å²) in [5.41, 5.74) is 2.09. The Hall–Kier alpha value is -1.26. The lowest BCUT2D eigenvalue weighted by atomic mass is 10.3. The quantitative estimate of drug-likeness (QED) is 0.810. The van der Waals surface area contributed by atoms with Crippen molar-refractivity contribution in [3.63, 3.8) is 0 Å². The van der Waals surface area contributed by atoms with Crippen molar-refractivity contribution in [2.75, 3.05) is 6.54 Å². The molecule has 2 aromatic rings. The summed E-state index contributed by atoms with van der Waals surface area (Å²) in [7, 11) is 0. The normalized spacial score (nSPS) is 14.9. The third-order valence-electron chi connectivity index (χ3n) is 3.17. The van der Waals surface area contributed by atoms with E-state index in [0.717, 1.165) is 35.4 Å². The molecule has 1 aliphatic carbocycles. The van der Waals surface area contributed by atoms with E-state index in [9.17, 15) is 0 Å². The summed E-state index contributed by atoms with van der Waals surface area (Å²) in [5.74, 6) is 0.997. The van der Waals surface area contributed by atoms with E-state index in [4.69, 9.17) is 0 Å². The molecule has 1 saturated carbocycles. The van der Waals surface area contributed by atoms with E-state index in [1.54, 1.807) is 11.3 Å². The summed E-state index contributed by atoms with van der Waals surface area (Å²) in [6.45, 7) is 1.98. The van der Waals surface area contributed by atoms with E-state index in [1.807, 2.05) is 24.4 Å². The van der Waals surface area contributed by atoms with Gasteiger partial charge >= 0.3 is 0 Å². The van der Waals surface area contributed by atoms with E-state index < -0.39 is 0 Å². The molecule has 1 N–H and O–H groups in total. The molecular formula is C14H17N3S. The summed E-state index contributed by atoms with van der Waals surface area (Å²) >= 11 is 1.67. The van der Waals surface area contributed by atoms with Crippen LogP contribution in [0.25, 0.3) is 10.7 Å². The highest BCUT2D eigenvalue weighted by molar-refractivity contribution is 7.13. The average molecular weight is 259 g/mol. The Labute approximate surface area is 111 Å². The second kappa shape index (κ2) is 5.59. The molecular weight excluding hydrogens is 242 g/mol. The number of hydrogen-bond acceptors (Lipinski definition) is 4. The Bertz CT molecular complexity index is 491. The van der Waals surface area contributed by atoms with Crippen molar-refractivity contribution < 1.29 is 0 Å². The Morgan fingerprint density at radius 1 is 1.33 bits per heavy atom. The molecule has 0 bridgehead atoms. The second-order valence-electron chi connectivity index (χ2n) is 4.77. The van der Waals surface area contributed by atoms with Crippen LogP contribution < -0.4 is 5.32 Å². The van der Waals surface area contributed by atoms with Gasteiger partial charge in [-0.1, -0.05) is 18.9 Å². The lowest BCUT2D eigenvalue weighted by Crippen LogP contribution is -2.15. The predicted octanol–water partition coefficient (Wildman–Crippen LogP) is 3.09. The molecule has 0 amide bonds. The average Bonchev–Trinajstić information content (AvgIpc) is 3.12. The largest absolute Gasteiger partial charge is 0.311 e.